The number of hydrogen-bond donors (Lipinski definition) is 2. The molecule has 3 N–H and O–H groups in total. The molecule has 64 valence electrons. The lowest BCUT2D eigenvalue weighted by Crippen LogP contribution is -2.47. The monoisotopic (exact) mass is 158 g/mol. The average molecular weight is 158 g/mol. The molecule has 1 amide bonds. The second-order valence-electron chi connectivity index (χ2n) is 3.11. The second-order valence-corrected chi connectivity index (χ2v) is 3.11. The molecule has 1 heterocycles. The molecule has 0 aromatic heterocycles. The third-order valence-corrected chi connectivity index (χ3v) is 2.16. The summed E-state index contributed by atoms with van der Waals surface area (Å²) in [6.45, 7) is 2.48. The molecule has 0 aromatic carbocycles. The Balaban J connectivity index is 2.50. The van der Waals surface area contributed by atoms with Crippen LogP contribution in [-0.2, 0) is 0 Å². The number of carboxylic acid groups (broad SMARTS) is 1. The van der Waals surface area contributed by atoms with Gasteiger partial charge in [-0.1, -0.05) is 0 Å². The van der Waals surface area contributed by atoms with Gasteiger partial charge in [0.25, 0.3) is 0 Å². The fourth-order valence-electron chi connectivity index (χ4n) is 1.49. The quantitative estimate of drug-likeness (QED) is 0.538. The van der Waals surface area contributed by atoms with Crippen LogP contribution in [0, 0.1) is 0 Å². The molecule has 1 aliphatic rings. The molecule has 2 atom stereocenters. The lowest BCUT2D eigenvalue weighted by molar-refractivity contribution is 0.107. The molecular weight excluding hydrogens is 144 g/mol. The van der Waals surface area contributed by atoms with Crippen molar-refractivity contribution in [3.63, 3.8) is 0 Å². The first-order chi connectivity index (χ1) is 5.11. The highest BCUT2D eigenvalue weighted by atomic mass is 16.4. The van der Waals surface area contributed by atoms with Crippen LogP contribution in [0.4, 0.5) is 4.79 Å². The van der Waals surface area contributed by atoms with Crippen molar-refractivity contribution < 1.29 is 9.90 Å². The number of amides is 1. The number of nitrogens with two attached hydrogens (primary N) is 1. The molecule has 1 rings (SSSR count). The van der Waals surface area contributed by atoms with E-state index in [2.05, 4.69) is 0 Å². The Morgan fingerprint density at radius 2 is 2.36 bits per heavy atom. The van der Waals surface area contributed by atoms with Gasteiger partial charge in [0.05, 0.1) is 0 Å². The normalized spacial score (nSPS) is 32.0. The highest BCUT2D eigenvalue weighted by Crippen LogP contribution is 2.15. The summed E-state index contributed by atoms with van der Waals surface area (Å²) in [6.07, 6.45) is 0.743. The number of nitrogens with zero attached hydrogens (tertiary/aromatic N) is 1. The van der Waals surface area contributed by atoms with Gasteiger partial charge in [-0.15, -0.1) is 0 Å². The molecular formula is C7H14N2O2. The minimum atomic E-state index is -0.829. The second kappa shape index (κ2) is 3.09. The fourth-order valence-corrected chi connectivity index (χ4v) is 1.49. The van der Waals surface area contributed by atoms with Crippen molar-refractivity contribution in [1.82, 2.24) is 4.90 Å². The largest absolute Gasteiger partial charge is 0.465 e. The third-order valence-electron chi connectivity index (χ3n) is 2.16. The summed E-state index contributed by atoms with van der Waals surface area (Å²) in [6, 6.07) is 0.261. The molecule has 1 saturated heterocycles. The van der Waals surface area contributed by atoms with Crippen LogP contribution in [0.3, 0.4) is 0 Å². The highest BCUT2D eigenvalue weighted by Gasteiger charge is 2.26. The molecule has 0 aliphatic carbocycles. The van der Waals surface area contributed by atoms with E-state index in [9.17, 15) is 4.79 Å². The first-order valence-corrected chi connectivity index (χ1v) is 3.86. The van der Waals surface area contributed by atoms with Gasteiger partial charge in [0, 0.05) is 18.6 Å². The van der Waals surface area contributed by atoms with Crippen molar-refractivity contribution in [2.75, 3.05) is 6.54 Å². The van der Waals surface area contributed by atoms with Crippen molar-refractivity contribution >= 4 is 6.09 Å². The summed E-state index contributed by atoms with van der Waals surface area (Å²) in [7, 11) is 0. The van der Waals surface area contributed by atoms with E-state index in [4.69, 9.17) is 10.8 Å². The Labute approximate surface area is 66.0 Å². The van der Waals surface area contributed by atoms with Gasteiger partial charge < -0.3 is 15.7 Å². The minimum absolute atomic E-state index is 0.0799. The van der Waals surface area contributed by atoms with Crippen LogP contribution in [0.5, 0.6) is 0 Å². The number of likely N-dealkylation sites (tertiary alicyclic amines) is 1. The molecule has 4 heteroatoms. The fraction of sp³-hybridized carbons (Fsp3) is 0.857. The van der Waals surface area contributed by atoms with E-state index in [1.807, 2.05) is 6.92 Å². The van der Waals surface area contributed by atoms with Gasteiger partial charge in [-0.3, -0.25) is 0 Å². The lowest BCUT2D eigenvalue weighted by atomic mass is 10.00. The van der Waals surface area contributed by atoms with Gasteiger partial charge in [0.15, 0.2) is 0 Å². The molecule has 1 aliphatic heterocycles. The molecule has 0 saturated carbocycles. The predicted molar refractivity (Wildman–Crippen MR) is 41.4 cm³/mol. The Hall–Kier alpha value is -0.770. The van der Waals surface area contributed by atoms with E-state index in [-0.39, 0.29) is 12.1 Å². The summed E-state index contributed by atoms with van der Waals surface area (Å²) in [5, 5.41) is 8.68. The van der Waals surface area contributed by atoms with E-state index in [1.165, 1.54) is 4.90 Å². The molecule has 0 bridgehead atoms. The van der Waals surface area contributed by atoms with Gasteiger partial charge in [-0.25, -0.2) is 4.79 Å². The van der Waals surface area contributed by atoms with Crippen molar-refractivity contribution in [3.05, 3.63) is 0 Å². The standard InChI is InChI=1S/C7H14N2O2/c1-5-4-6(8)2-3-9(5)7(10)11/h5-6H,2-4,8H2,1H3,(H,10,11)/t5-,6?/m0/s1. The lowest BCUT2D eigenvalue weighted by Gasteiger charge is -2.34. The van der Waals surface area contributed by atoms with Gasteiger partial charge >= 0.3 is 6.09 Å². The van der Waals surface area contributed by atoms with Crippen LogP contribution in [0.1, 0.15) is 19.8 Å². The maximum absolute atomic E-state index is 10.6. The maximum Gasteiger partial charge on any atom is 0.407 e. The van der Waals surface area contributed by atoms with Gasteiger partial charge in [-0.2, -0.15) is 0 Å². The van der Waals surface area contributed by atoms with E-state index in [0.717, 1.165) is 12.8 Å². The van der Waals surface area contributed by atoms with Gasteiger partial charge in [0.2, 0.25) is 0 Å². The number of piperidine rings is 1. The molecule has 1 fully saturated rings. The van der Waals surface area contributed by atoms with Crippen molar-refractivity contribution in [1.29, 1.82) is 0 Å². The number of carbonyl (C=O) groups is 1. The van der Waals surface area contributed by atoms with E-state index in [0.29, 0.717) is 6.54 Å². The number of hydrogen-bond acceptors (Lipinski definition) is 2. The van der Waals surface area contributed by atoms with Crippen LogP contribution in [-0.4, -0.2) is 34.7 Å². The SMILES string of the molecule is C[C@H]1CC(N)CCN1C(=O)O. The van der Waals surface area contributed by atoms with Crippen molar-refractivity contribution in [2.45, 2.75) is 31.8 Å². The molecule has 0 spiro atoms. The summed E-state index contributed by atoms with van der Waals surface area (Å²) in [4.78, 5) is 12.0. The zero-order valence-electron chi connectivity index (χ0n) is 6.66. The Bertz CT molecular complexity index is 161. The van der Waals surface area contributed by atoms with E-state index in [1.54, 1.807) is 0 Å². The topological polar surface area (TPSA) is 66.6 Å². The Kier molecular flexibility index (Phi) is 2.34. The molecule has 11 heavy (non-hydrogen) atoms. The van der Waals surface area contributed by atoms with Crippen LogP contribution in [0.25, 0.3) is 0 Å². The average Bonchev–Trinajstić information content (AvgIpc) is 1.85. The minimum Gasteiger partial charge on any atom is -0.465 e. The highest BCUT2D eigenvalue weighted by molar-refractivity contribution is 5.65. The maximum atomic E-state index is 10.6. The molecule has 4 nitrogen and oxygen atoms in total. The zero-order chi connectivity index (χ0) is 8.43. The van der Waals surface area contributed by atoms with Crippen molar-refractivity contribution in [3.8, 4) is 0 Å². The van der Waals surface area contributed by atoms with Gasteiger partial charge in [-0.05, 0) is 19.8 Å². The van der Waals surface area contributed by atoms with Crippen LogP contribution >= 0.6 is 0 Å². The molecule has 0 radical (unpaired) electrons. The summed E-state index contributed by atoms with van der Waals surface area (Å²) in [5.41, 5.74) is 5.67. The van der Waals surface area contributed by atoms with Crippen LogP contribution in [0.2, 0.25) is 0 Å². The summed E-state index contributed by atoms with van der Waals surface area (Å²) < 4.78 is 0. The van der Waals surface area contributed by atoms with Crippen molar-refractivity contribution in [2.24, 2.45) is 5.73 Å². The Morgan fingerprint density at radius 1 is 1.73 bits per heavy atom. The zero-order valence-corrected chi connectivity index (χ0v) is 6.66. The summed E-state index contributed by atoms with van der Waals surface area (Å²) >= 11 is 0. The Morgan fingerprint density at radius 3 is 2.82 bits per heavy atom. The van der Waals surface area contributed by atoms with Crippen LogP contribution in [0.15, 0.2) is 0 Å². The predicted octanol–water partition coefficient (Wildman–Crippen LogP) is 0.476. The molecule has 0 aromatic rings. The number of rotatable bonds is 0. The van der Waals surface area contributed by atoms with Gasteiger partial charge in [0.1, 0.15) is 0 Å². The van der Waals surface area contributed by atoms with E-state index < -0.39 is 6.09 Å². The third kappa shape index (κ3) is 1.83. The smallest absolute Gasteiger partial charge is 0.407 e. The first-order valence-electron chi connectivity index (χ1n) is 3.86. The molecule has 1 unspecified atom stereocenters. The summed E-state index contributed by atoms with van der Waals surface area (Å²) in [5.74, 6) is 0. The first kappa shape index (κ1) is 8.33. The van der Waals surface area contributed by atoms with Crippen LogP contribution < -0.4 is 5.73 Å². The van der Waals surface area contributed by atoms with E-state index >= 15 is 0 Å².